The molecule has 0 saturated carbocycles. The summed E-state index contributed by atoms with van der Waals surface area (Å²) in [5.74, 6) is -0.751. The van der Waals surface area contributed by atoms with Crippen LogP contribution in [0.25, 0.3) is 0 Å². The van der Waals surface area contributed by atoms with Gasteiger partial charge in [0.2, 0.25) is 5.91 Å². The third-order valence-electron chi connectivity index (χ3n) is 2.05. The smallest absolute Gasteiger partial charge is 0.250 e. The Balaban J connectivity index is 2.79. The lowest BCUT2D eigenvalue weighted by Crippen LogP contribution is -2.26. The summed E-state index contributed by atoms with van der Waals surface area (Å²) in [6, 6.07) is 4.75. The normalized spacial score (nSPS) is 9.56. The molecule has 1 rings (SSSR count). The van der Waals surface area contributed by atoms with E-state index in [0.29, 0.717) is 11.4 Å². The molecule has 0 spiro atoms. The Kier molecular flexibility index (Phi) is 3.71. The molecule has 0 atom stereocenters. The first-order valence-electron chi connectivity index (χ1n) is 4.68. The fourth-order valence-electron chi connectivity index (χ4n) is 1.15. The Bertz CT molecular complexity index is 417. The van der Waals surface area contributed by atoms with Gasteiger partial charge in [-0.15, -0.1) is 0 Å². The molecular weight excluding hydrogens is 208 g/mol. The van der Waals surface area contributed by atoms with Crippen LogP contribution in [0.3, 0.4) is 0 Å². The molecule has 1 aromatic rings. The first-order chi connectivity index (χ1) is 7.54. The highest BCUT2D eigenvalue weighted by atomic mass is 16.2. The summed E-state index contributed by atoms with van der Waals surface area (Å²) in [6.07, 6.45) is 0. The first-order valence-corrected chi connectivity index (χ1v) is 4.68. The van der Waals surface area contributed by atoms with Crippen molar-refractivity contribution in [3.8, 4) is 0 Å². The molecule has 16 heavy (non-hydrogen) atoms. The van der Waals surface area contributed by atoms with Gasteiger partial charge in [-0.3, -0.25) is 9.59 Å². The second-order valence-corrected chi connectivity index (χ2v) is 3.19. The Hall–Kier alpha value is -2.24. The lowest BCUT2D eigenvalue weighted by Gasteiger charge is -2.08. The number of carbonyl (C=O) groups excluding carboxylic acids is 2. The van der Waals surface area contributed by atoms with E-state index in [1.165, 1.54) is 6.07 Å². The van der Waals surface area contributed by atoms with Crippen molar-refractivity contribution in [1.29, 1.82) is 0 Å². The van der Waals surface area contributed by atoms with E-state index in [1.807, 2.05) is 0 Å². The maximum absolute atomic E-state index is 11.0. The first kappa shape index (κ1) is 11.8. The number of anilines is 2. The van der Waals surface area contributed by atoms with Gasteiger partial charge >= 0.3 is 0 Å². The van der Waals surface area contributed by atoms with Crippen LogP contribution in [0.1, 0.15) is 10.4 Å². The van der Waals surface area contributed by atoms with E-state index in [1.54, 1.807) is 19.2 Å². The quantitative estimate of drug-likeness (QED) is 0.516. The van der Waals surface area contributed by atoms with Crippen LogP contribution in [0, 0.1) is 0 Å². The zero-order valence-corrected chi connectivity index (χ0v) is 8.91. The van der Waals surface area contributed by atoms with E-state index in [4.69, 9.17) is 11.5 Å². The summed E-state index contributed by atoms with van der Waals surface area (Å²) in [5.41, 5.74) is 11.9. The number of benzene rings is 1. The molecule has 0 aliphatic rings. The number of nitrogens with one attached hydrogen (secondary N) is 2. The number of nitrogens with two attached hydrogens (primary N) is 2. The maximum atomic E-state index is 11.0. The lowest BCUT2D eigenvalue weighted by molar-refractivity contribution is -0.118. The minimum Gasteiger partial charge on any atom is -0.398 e. The predicted molar refractivity (Wildman–Crippen MR) is 61.9 cm³/mol. The molecule has 6 N–H and O–H groups in total. The SMILES string of the molecule is CNC(=O)CNc1ccc(N)c(C(N)=O)c1. The summed E-state index contributed by atoms with van der Waals surface area (Å²) in [5, 5.41) is 5.31. The zero-order chi connectivity index (χ0) is 12.1. The van der Waals surface area contributed by atoms with E-state index in [2.05, 4.69) is 10.6 Å². The summed E-state index contributed by atoms with van der Waals surface area (Å²) in [6.45, 7) is 0.124. The third-order valence-corrected chi connectivity index (χ3v) is 2.05. The number of hydrogen-bond donors (Lipinski definition) is 4. The van der Waals surface area contributed by atoms with E-state index in [9.17, 15) is 9.59 Å². The molecule has 86 valence electrons. The highest BCUT2D eigenvalue weighted by Gasteiger charge is 2.07. The molecule has 0 unspecified atom stereocenters. The van der Waals surface area contributed by atoms with Crippen LogP contribution in [-0.2, 0) is 4.79 Å². The Labute approximate surface area is 93.0 Å². The molecule has 6 nitrogen and oxygen atoms in total. The summed E-state index contributed by atoms with van der Waals surface area (Å²) >= 11 is 0. The topological polar surface area (TPSA) is 110 Å². The molecule has 1 aromatic carbocycles. The minimum atomic E-state index is -0.596. The van der Waals surface area contributed by atoms with Crippen molar-refractivity contribution in [3.63, 3.8) is 0 Å². The van der Waals surface area contributed by atoms with Gasteiger partial charge in [-0.05, 0) is 18.2 Å². The predicted octanol–water partition coefficient (Wildman–Crippen LogP) is -0.474. The van der Waals surface area contributed by atoms with Gasteiger partial charge in [-0.1, -0.05) is 0 Å². The Morgan fingerprint density at radius 2 is 2.06 bits per heavy atom. The Morgan fingerprint density at radius 3 is 2.62 bits per heavy atom. The van der Waals surface area contributed by atoms with Crippen LogP contribution in [0.2, 0.25) is 0 Å². The van der Waals surface area contributed by atoms with E-state index in [0.717, 1.165) is 0 Å². The van der Waals surface area contributed by atoms with Crippen molar-refractivity contribution in [2.45, 2.75) is 0 Å². The van der Waals surface area contributed by atoms with E-state index in [-0.39, 0.29) is 18.0 Å². The van der Waals surface area contributed by atoms with Gasteiger partial charge < -0.3 is 22.1 Å². The molecule has 0 aliphatic carbocycles. The monoisotopic (exact) mass is 222 g/mol. The summed E-state index contributed by atoms with van der Waals surface area (Å²) in [4.78, 5) is 22.0. The molecule has 0 aromatic heterocycles. The number of amides is 2. The zero-order valence-electron chi connectivity index (χ0n) is 8.91. The van der Waals surface area contributed by atoms with Crippen molar-refractivity contribution < 1.29 is 9.59 Å². The molecule has 0 radical (unpaired) electrons. The Morgan fingerprint density at radius 1 is 1.38 bits per heavy atom. The van der Waals surface area contributed by atoms with Crippen molar-refractivity contribution >= 4 is 23.2 Å². The van der Waals surface area contributed by atoms with Crippen LogP contribution in [0.5, 0.6) is 0 Å². The number of rotatable bonds is 4. The fourth-order valence-corrected chi connectivity index (χ4v) is 1.15. The number of nitrogen functional groups attached to an aromatic ring is 1. The van der Waals surface area contributed by atoms with Crippen molar-refractivity contribution in [3.05, 3.63) is 23.8 Å². The largest absolute Gasteiger partial charge is 0.398 e. The van der Waals surface area contributed by atoms with Gasteiger partial charge in [0.1, 0.15) is 0 Å². The summed E-state index contributed by atoms with van der Waals surface area (Å²) in [7, 11) is 1.54. The van der Waals surface area contributed by atoms with Gasteiger partial charge in [-0.25, -0.2) is 0 Å². The van der Waals surface area contributed by atoms with Gasteiger partial charge in [-0.2, -0.15) is 0 Å². The average molecular weight is 222 g/mol. The number of carbonyl (C=O) groups is 2. The highest BCUT2D eigenvalue weighted by Crippen LogP contribution is 2.16. The molecule has 0 bridgehead atoms. The standard InChI is InChI=1S/C10H14N4O2/c1-13-9(15)5-14-6-2-3-8(11)7(4-6)10(12)16/h2-4,14H,5,11H2,1H3,(H2,12,16)(H,13,15). The molecule has 0 aliphatic heterocycles. The van der Waals surface area contributed by atoms with Crippen LogP contribution in [0.4, 0.5) is 11.4 Å². The van der Waals surface area contributed by atoms with Crippen LogP contribution >= 0.6 is 0 Å². The van der Waals surface area contributed by atoms with Crippen LogP contribution in [0.15, 0.2) is 18.2 Å². The average Bonchev–Trinajstić information content (AvgIpc) is 2.27. The number of hydrogen-bond acceptors (Lipinski definition) is 4. The molecular formula is C10H14N4O2. The molecule has 6 heteroatoms. The van der Waals surface area contributed by atoms with E-state index < -0.39 is 5.91 Å². The van der Waals surface area contributed by atoms with Crippen molar-refractivity contribution in [1.82, 2.24) is 5.32 Å². The van der Waals surface area contributed by atoms with E-state index >= 15 is 0 Å². The van der Waals surface area contributed by atoms with Crippen molar-refractivity contribution in [2.75, 3.05) is 24.6 Å². The van der Waals surface area contributed by atoms with Gasteiger partial charge in [0, 0.05) is 18.4 Å². The highest BCUT2D eigenvalue weighted by molar-refractivity contribution is 5.99. The second-order valence-electron chi connectivity index (χ2n) is 3.19. The number of primary amides is 1. The molecule has 0 fully saturated rings. The van der Waals surface area contributed by atoms with Gasteiger partial charge in [0.15, 0.2) is 0 Å². The maximum Gasteiger partial charge on any atom is 0.250 e. The summed E-state index contributed by atoms with van der Waals surface area (Å²) < 4.78 is 0. The van der Waals surface area contributed by atoms with Crippen LogP contribution in [-0.4, -0.2) is 25.4 Å². The second kappa shape index (κ2) is 5.01. The molecule has 0 saturated heterocycles. The van der Waals surface area contributed by atoms with Crippen molar-refractivity contribution in [2.24, 2.45) is 5.73 Å². The minimum absolute atomic E-state index is 0.124. The molecule has 2 amide bonds. The van der Waals surface area contributed by atoms with Crippen LogP contribution < -0.4 is 22.1 Å². The van der Waals surface area contributed by atoms with Gasteiger partial charge in [0.05, 0.1) is 12.1 Å². The molecule has 0 heterocycles. The third kappa shape index (κ3) is 2.88. The van der Waals surface area contributed by atoms with Gasteiger partial charge in [0.25, 0.3) is 5.91 Å². The number of likely N-dealkylation sites (N-methyl/N-ethyl adjacent to an activating group) is 1. The fraction of sp³-hybridized carbons (Fsp3) is 0.200. The lowest BCUT2D eigenvalue weighted by atomic mass is 10.1.